The molecule has 3 atom stereocenters. The van der Waals surface area contributed by atoms with Gasteiger partial charge in [0.25, 0.3) is 0 Å². The number of rotatable bonds is 5. The summed E-state index contributed by atoms with van der Waals surface area (Å²) < 4.78 is 19.1. The van der Waals surface area contributed by atoms with Crippen molar-refractivity contribution in [2.24, 2.45) is 11.8 Å². The number of ether oxygens (including phenoxy) is 1. The Morgan fingerprint density at radius 2 is 1.85 bits per heavy atom. The lowest BCUT2D eigenvalue weighted by molar-refractivity contribution is -0.145. The van der Waals surface area contributed by atoms with E-state index in [-0.39, 0.29) is 35.5 Å². The Bertz CT molecular complexity index is 700. The number of carbonyl (C=O) groups excluding carboxylic acids is 2. The van der Waals surface area contributed by atoms with E-state index in [0.717, 1.165) is 0 Å². The highest BCUT2D eigenvalue weighted by atomic mass is 19.1. The van der Waals surface area contributed by atoms with E-state index in [1.165, 1.54) is 6.07 Å². The summed E-state index contributed by atoms with van der Waals surface area (Å²) in [4.78, 5) is 27.5. The molecule has 0 aromatic heterocycles. The molecule has 0 saturated carbocycles. The number of hydrogen-bond donors (Lipinski definition) is 1. The highest BCUT2D eigenvalue weighted by Gasteiger charge is 2.37. The fourth-order valence-corrected chi connectivity index (χ4v) is 3.79. The number of allylic oxidation sites excluding steroid dienone is 2. The zero-order valence-electron chi connectivity index (χ0n) is 15.7. The molecule has 0 bridgehead atoms. The Morgan fingerprint density at radius 1 is 1.19 bits per heavy atom. The third-order valence-electron chi connectivity index (χ3n) is 5.28. The molecule has 0 radical (unpaired) electrons. The average Bonchev–Trinajstić information content (AvgIpc) is 2.70. The van der Waals surface area contributed by atoms with Gasteiger partial charge in [0.2, 0.25) is 11.8 Å². The molecule has 5 nitrogen and oxygen atoms in total. The first-order chi connectivity index (χ1) is 13.1. The maximum atomic E-state index is 13.8. The molecule has 1 aromatic rings. The number of nitrogens with one attached hydrogen (secondary N) is 1. The van der Waals surface area contributed by atoms with Crippen LogP contribution in [0.5, 0.6) is 0 Å². The van der Waals surface area contributed by atoms with Crippen molar-refractivity contribution in [3.05, 3.63) is 47.8 Å². The summed E-state index contributed by atoms with van der Waals surface area (Å²) in [6.45, 7) is 4.12. The predicted molar refractivity (Wildman–Crippen MR) is 100 cm³/mol. The largest absolute Gasteiger partial charge is 0.378 e. The van der Waals surface area contributed by atoms with E-state index in [1.807, 2.05) is 19.1 Å². The molecule has 1 aliphatic heterocycles. The zero-order chi connectivity index (χ0) is 19.2. The molecule has 2 aliphatic rings. The van der Waals surface area contributed by atoms with Crippen LogP contribution in [0, 0.1) is 17.7 Å². The topological polar surface area (TPSA) is 58.6 Å². The maximum absolute atomic E-state index is 13.8. The SMILES string of the molecule is CC(Cc1ccccc1F)NC(=O)C1CC=CCC1C(=O)N1CCOCC1. The van der Waals surface area contributed by atoms with Crippen molar-refractivity contribution in [3.63, 3.8) is 0 Å². The van der Waals surface area contributed by atoms with Crippen molar-refractivity contribution >= 4 is 11.8 Å². The maximum Gasteiger partial charge on any atom is 0.226 e. The van der Waals surface area contributed by atoms with Gasteiger partial charge in [0.15, 0.2) is 0 Å². The van der Waals surface area contributed by atoms with Crippen molar-refractivity contribution in [2.75, 3.05) is 26.3 Å². The molecule has 3 rings (SSSR count). The van der Waals surface area contributed by atoms with E-state index in [4.69, 9.17) is 4.74 Å². The fraction of sp³-hybridized carbons (Fsp3) is 0.524. The molecule has 1 aliphatic carbocycles. The molecular weight excluding hydrogens is 347 g/mol. The summed E-state index contributed by atoms with van der Waals surface area (Å²) in [5.41, 5.74) is 0.579. The Morgan fingerprint density at radius 3 is 2.56 bits per heavy atom. The summed E-state index contributed by atoms with van der Waals surface area (Å²) in [5, 5.41) is 2.98. The van der Waals surface area contributed by atoms with Gasteiger partial charge in [-0.1, -0.05) is 30.4 Å². The third kappa shape index (κ3) is 4.95. The number of carbonyl (C=O) groups is 2. The Kier molecular flexibility index (Phi) is 6.61. The van der Waals surface area contributed by atoms with Crippen molar-refractivity contribution in [1.29, 1.82) is 0 Å². The van der Waals surface area contributed by atoms with Crippen molar-refractivity contribution < 1.29 is 18.7 Å². The van der Waals surface area contributed by atoms with Gasteiger partial charge in [-0.3, -0.25) is 9.59 Å². The fourth-order valence-electron chi connectivity index (χ4n) is 3.79. The second kappa shape index (κ2) is 9.13. The van der Waals surface area contributed by atoms with E-state index >= 15 is 0 Å². The smallest absolute Gasteiger partial charge is 0.226 e. The molecule has 27 heavy (non-hydrogen) atoms. The number of nitrogens with zero attached hydrogens (tertiary/aromatic N) is 1. The highest BCUT2D eigenvalue weighted by molar-refractivity contribution is 5.88. The first kappa shape index (κ1) is 19.5. The number of hydrogen-bond acceptors (Lipinski definition) is 3. The van der Waals surface area contributed by atoms with Crippen LogP contribution in [-0.2, 0) is 20.7 Å². The van der Waals surface area contributed by atoms with Gasteiger partial charge < -0.3 is 15.0 Å². The summed E-state index contributed by atoms with van der Waals surface area (Å²) in [5.74, 6) is -1.08. The Hall–Kier alpha value is -2.21. The lowest BCUT2D eigenvalue weighted by Gasteiger charge is -2.34. The van der Waals surface area contributed by atoms with Crippen LogP contribution in [0.2, 0.25) is 0 Å². The normalized spacial score (nSPS) is 23.7. The van der Waals surface area contributed by atoms with Crippen LogP contribution in [0.25, 0.3) is 0 Å². The van der Waals surface area contributed by atoms with Crippen molar-refractivity contribution in [1.82, 2.24) is 10.2 Å². The molecule has 1 aromatic carbocycles. The van der Waals surface area contributed by atoms with Crippen molar-refractivity contribution in [2.45, 2.75) is 32.2 Å². The monoisotopic (exact) mass is 374 g/mol. The Balaban J connectivity index is 1.62. The molecule has 0 spiro atoms. The van der Waals surface area contributed by atoms with E-state index in [0.29, 0.717) is 51.1 Å². The molecular formula is C21H27FN2O3. The number of morpholine rings is 1. The van der Waals surface area contributed by atoms with Crippen LogP contribution >= 0.6 is 0 Å². The third-order valence-corrected chi connectivity index (χ3v) is 5.28. The second-order valence-corrected chi connectivity index (χ2v) is 7.30. The van der Waals surface area contributed by atoms with Crippen LogP contribution in [0.15, 0.2) is 36.4 Å². The molecule has 1 fully saturated rings. The van der Waals surface area contributed by atoms with E-state index in [9.17, 15) is 14.0 Å². The molecule has 6 heteroatoms. The van der Waals surface area contributed by atoms with Crippen LogP contribution in [-0.4, -0.2) is 49.1 Å². The zero-order valence-corrected chi connectivity index (χ0v) is 15.7. The first-order valence-electron chi connectivity index (χ1n) is 9.61. The predicted octanol–water partition coefficient (Wildman–Crippen LogP) is 2.31. The minimum Gasteiger partial charge on any atom is -0.378 e. The molecule has 146 valence electrons. The van der Waals surface area contributed by atoms with Gasteiger partial charge in [0, 0.05) is 19.1 Å². The second-order valence-electron chi connectivity index (χ2n) is 7.30. The van der Waals surface area contributed by atoms with Crippen LogP contribution in [0.4, 0.5) is 4.39 Å². The minimum atomic E-state index is -0.381. The molecule has 1 heterocycles. The summed E-state index contributed by atoms with van der Waals surface area (Å²) in [6, 6.07) is 6.38. The molecule has 3 unspecified atom stereocenters. The standard InChI is InChI=1S/C21H27FN2O3/c1-15(14-16-6-2-5-9-19(16)22)23-20(25)17-7-3-4-8-18(17)21(26)24-10-12-27-13-11-24/h2-6,9,15,17-18H,7-8,10-14H2,1H3,(H,23,25). The number of amides is 2. The van der Waals surface area contributed by atoms with Crippen molar-refractivity contribution in [3.8, 4) is 0 Å². The van der Waals surface area contributed by atoms with Gasteiger partial charge in [-0.2, -0.15) is 0 Å². The van der Waals surface area contributed by atoms with E-state index in [2.05, 4.69) is 5.32 Å². The first-order valence-corrected chi connectivity index (χ1v) is 9.61. The number of benzene rings is 1. The van der Waals surface area contributed by atoms with Gasteiger partial charge in [-0.05, 0) is 37.8 Å². The van der Waals surface area contributed by atoms with Crippen LogP contribution < -0.4 is 5.32 Å². The van der Waals surface area contributed by atoms with Crippen LogP contribution in [0.3, 0.4) is 0 Å². The minimum absolute atomic E-state index is 0.0320. The number of halogens is 1. The van der Waals surface area contributed by atoms with Gasteiger partial charge in [0.05, 0.1) is 25.0 Å². The molecule has 1 N–H and O–H groups in total. The molecule has 2 amide bonds. The van der Waals surface area contributed by atoms with E-state index in [1.54, 1.807) is 23.1 Å². The molecule has 1 saturated heterocycles. The summed E-state index contributed by atoms with van der Waals surface area (Å²) in [7, 11) is 0. The summed E-state index contributed by atoms with van der Waals surface area (Å²) >= 11 is 0. The van der Waals surface area contributed by atoms with Gasteiger partial charge in [-0.25, -0.2) is 4.39 Å². The lowest BCUT2D eigenvalue weighted by atomic mass is 9.81. The van der Waals surface area contributed by atoms with Gasteiger partial charge in [-0.15, -0.1) is 0 Å². The summed E-state index contributed by atoms with van der Waals surface area (Å²) in [6.07, 6.45) is 5.50. The van der Waals surface area contributed by atoms with Gasteiger partial charge in [0.1, 0.15) is 5.82 Å². The van der Waals surface area contributed by atoms with Crippen LogP contribution in [0.1, 0.15) is 25.3 Å². The Labute approximate surface area is 159 Å². The van der Waals surface area contributed by atoms with Gasteiger partial charge >= 0.3 is 0 Å². The average molecular weight is 374 g/mol. The van der Waals surface area contributed by atoms with E-state index < -0.39 is 0 Å². The highest BCUT2D eigenvalue weighted by Crippen LogP contribution is 2.28. The lowest BCUT2D eigenvalue weighted by Crippen LogP contribution is -2.49. The quantitative estimate of drug-likeness (QED) is 0.805.